The molecule has 3 N–H and O–H groups in total. The average Bonchev–Trinajstić information content (AvgIpc) is 2.60. The minimum Gasteiger partial charge on any atom is -0.332 e. The number of carbonyl (C=O) groups is 1. The van der Waals surface area contributed by atoms with E-state index in [1.165, 1.54) is 18.2 Å². The first-order valence-electron chi connectivity index (χ1n) is 7.72. The summed E-state index contributed by atoms with van der Waals surface area (Å²) >= 11 is 5.13. The molecular formula is C18H19N3O3S2. The highest BCUT2D eigenvalue weighted by atomic mass is 32.2. The van der Waals surface area contributed by atoms with Gasteiger partial charge in [-0.3, -0.25) is 10.1 Å². The van der Waals surface area contributed by atoms with Crippen molar-refractivity contribution in [2.45, 2.75) is 11.8 Å². The van der Waals surface area contributed by atoms with Crippen LogP contribution in [0, 0.1) is 6.92 Å². The van der Waals surface area contributed by atoms with Crippen molar-refractivity contribution < 1.29 is 13.2 Å². The molecule has 0 radical (unpaired) electrons. The first kappa shape index (κ1) is 19.8. The Hall–Kier alpha value is -2.55. The van der Waals surface area contributed by atoms with Crippen LogP contribution in [0.3, 0.4) is 0 Å². The Kier molecular flexibility index (Phi) is 6.62. The number of amides is 1. The summed E-state index contributed by atoms with van der Waals surface area (Å²) in [6.07, 6.45) is 1.46. The van der Waals surface area contributed by atoms with E-state index >= 15 is 0 Å². The fourth-order valence-corrected chi connectivity index (χ4v) is 3.34. The van der Waals surface area contributed by atoms with Gasteiger partial charge in [-0.2, -0.15) is 0 Å². The predicted octanol–water partition coefficient (Wildman–Crippen LogP) is 2.59. The van der Waals surface area contributed by atoms with Gasteiger partial charge in [0.05, 0.1) is 4.90 Å². The van der Waals surface area contributed by atoms with Crippen molar-refractivity contribution in [2.75, 3.05) is 11.9 Å². The fraction of sp³-hybridized carbons (Fsp3) is 0.111. The summed E-state index contributed by atoms with van der Waals surface area (Å²) in [4.78, 5) is 12.3. The molecule has 8 heteroatoms. The zero-order valence-electron chi connectivity index (χ0n) is 14.2. The van der Waals surface area contributed by atoms with E-state index in [1.807, 2.05) is 19.1 Å². The van der Waals surface area contributed by atoms with Crippen LogP contribution >= 0.6 is 12.2 Å². The maximum atomic E-state index is 12.2. The topological polar surface area (TPSA) is 87.3 Å². The van der Waals surface area contributed by atoms with E-state index < -0.39 is 10.0 Å². The lowest BCUT2D eigenvalue weighted by molar-refractivity contribution is 0.0977. The number of hydrogen-bond donors (Lipinski definition) is 3. The van der Waals surface area contributed by atoms with Crippen molar-refractivity contribution in [1.29, 1.82) is 0 Å². The Bertz CT molecular complexity index is 923. The van der Waals surface area contributed by atoms with E-state index in [-0.39, 0.29) is 22.5 Å². The fourth-order valence-electron chi connectivity index (χ4n) is 2.13. The molecule has 136 valence electrons. The third-order valence-corrected chi connectivity index (χ3v) is 5.10. The first-order chi connectivity index (χ1) is 12.3. The lowest BCUT2D eigenvalue weighted by atomic mass is 10.1. The Morgan fingerprint density at radius 1 is 1.15 bits per heavy atom. The van der Waals surface area contributed by atoms with Crippen LogP contribution < -0.4 is 15.4 Å². The van der Waals surface area contributed by atoms with Crippen LogP contribution in [0.1, 0.15) is 15.9 Å². The lowest BCUT2D eigenvalue weighted by Gasteiger charge is -2.11. The summed E-state index contributed by atoms with van der Waals surface area (Å²) in [6, 6.07) is 13.2. The van der Waals surface area contributed by atoms with Gasteiger partial charge in [-0.25, -0.2) is 13.1 Å². The van der Waals surface area contributed by atoms with Gasteiger partial charge >= 0.3 is 0 Å². The Morgan fingerprint density at radius 2 is 1.81 bits per heavy atom. The molecule has 0 heterocycles. The molecule has 0 aliphatic carbocycles. The van der Waals surface area contributed by atoms with Crippen LogP contribution in [-0.4, -0.2) is 26.0 Å². The molecule has 0 fully saturated rings. The molecule has 0 aromatic heterocycles. The van der Waals surface area contributed by atoms with Crippen molar-refractivity contribution in [1.82, 2.24) is 10.0 Å². The molecule has 2 aromatic carbocycles. The highest BCUT2D eigenvalue weighted by molar-refractivity contribution is 7.89. The summed E-state index contributed by atoms with van der Waals surface area (Å²) in [6.45, 7) is 5.46. The quantitative estimate of drug-likeness (QED) is 0.522. The minimum atomic E-state index is -3.58. The third kappa shape index (κ3) is 5.22. The standard InChI is InChI=1S/C18H19N3O3S2/c1-3-12-19-26(23,24)15-10-8-14(9-11-15)20-18(25)21-17(22)16-7-5-4-6-13(16)2/h3-11,19H,1,12H2,2H3,(H2,20,21,22,25). The number of hydrogen-bond acceptors (Lipinski definition) is 4. The molecule has 0 atom stereocenters. The van der Waals surface area contributed by atoms with Crippen LogP contribution in [0.15, 0.2) is 66.1 Å². The van der Waals surface area contributed by atoms with E-state index in [1.54, 1.807) is 24.3 Å². The molecule has 0 aliphatic rings. The van der Waals surface area contributed by atoms with E-state index in [2.05, 4.69) is 21.9 Å². The number of rotatable bonds is 6. The number of aryl methyl sites for hydroxylation is 1. The highest BCUT2D eigenvalue weighted by Crippen LogP contribution is 2.14. The number of carbonyl (C=O) groups excluding carboxylic acids is 1. The second-order valence-electron chi connectivity index (χ2n) is 5.39. The lowest BCUT2D eigenvalue weighted by Crippen LogP contribution is -2.34. The van der Waals surface area contributed by atoms with Gasteiger partial charge in [0.15, 0.2) is 5.11 Å². The molecule has 0 aliphatic heterocycles. The van der Waals surface area contributed by atoms with Gasteiger partial charge in [0.1, 0.15) is 0 Å². The molecule has 2 aromatic rings. The Labute approximate surface area is 158 Å². The molecule has 0 spiro atoms. The Balaban J connectivity index is 2.00. The summed E-state index contributed by atoms with van der Waals surface area (Å²) in [5, 5.41) is 5.57. The van der Waals surface area contributed by atoms with Crippen LogP contribution in [0.4, 0.5) is 5.69 Å². The molecule has 0 saturated carbocycles. The maximum Gasteiger partial charge on any atom is 0.257 e. The van der Waals surface area contributed by atoms with Gasteiger partial charge in [0.2, 0.25) is 10.0 Å². The van der Waals surface area contributed by atoms with Crippen molar-refractivity contribution in [3.63, 3.8) is 0 Å². The molecule has 0 bridgehead atoms. The van der Waals surface area contributed by atoms with Crippen molar-refractivity contribution in [3.8, 4) is 0 Å². The second kappa shape index (κ2) is 8.70. The maximum absolute atomic E-state index is 12.2. The third-order valence-electron chi connectivity index (χ3n) is 3.46. The molecule has 26 heavy (non-hydrogen) atoms. The molecule has 0 unspecified atom stereocenters. The van der Waals surface area contributed by atoms with Gasteiger partial charge in [-0.1, -0.05) is 24.3 Å². The largest absolute Gasteiger partial charge is 0.332 e. The van der Waals surface area contributed by atoms with E-state index in [9.17, 15) is 13.2 Å². The molecule has 6 nitrogen and oxygen atoms in total. The van der Waals surface area contributed by atoms with Gasteiger partial charge in [-0.15, -0.1) is 6.58 Å². The van der Waals surface area contributed by atoms with Gasteiger partial charge in [-0.05, 0) is 55.0 Å². The number of nitrogens with one attached hydrogen (secondary N) is 3. The number of benzene rings is 2. The normalized spacial score (nSPS) is 10.8. The second-order valence-corrected chi connectivity index (χ2v) is 7.56. The van der Waals surface area contributed by atoms with Gasteiger partial charge < -0.3 is 5.32 Å². The van der Waals surface area contributed by atoms with Crippen LogP contribution in [0.2, 0.25) is 0 Å². The molecule has 0 saturated heterocycles. The zero-order valence-corrected chi connectivity index (χ0v) is 15.8. The van der Waals surface area contributed by atoms with Crippen LogP contribution in [0.25, 0.3) is 0 Å². The number of thiocarbonyl (C=S) groups is 1. The summed E-state index contributed by atoms with van der Waals surface area (Å²) in [7, 11) is -3.58. The SMILES string of the molecule is C=CCNS(=O)(=O)c1ccc(NC(=S)NC(=O)c2ccccc2C)cc1. The minimum absolute atomic E-state index is 0.124. The van der Waals surface area contributed by atoms with Gasteiger partial charge in [0, 0.05) is 17.8 Å². The number of anilines is 1. The Morgan fingerprint density at radius 3 is 2.42 bits per heavy atom. The monoisotopic (exact) mass is 389 g/mol. The van der Waals surface area contributed by atoms with Crippen molar-refractivity contribution >= 4 is 38.9 Å². The molecular weight excluding hydrogens is 370 g/mol. The summed E-state index contributed by atoms with van der Waals surface area (Å²) in [5.41, 5.74) is 1.93. The summed E-state index contributed by atoms with van der Waals surface area (Å²) < 4.78 is 26.4. The molecule has 2 rings (SSSR count). The van der Waals surface area contributed by atoms with Gasteiger partial charge in [0.25, 0.3) is 5.91 Å². The van der Waals surface area contributed by atoms with E-state index in [0.717, 1.165) is 5.56 Å². The van der Waals surface area contributed by atoms with E-state index in [0.29, 0.717) is 11.3 Å². The zero-order chi connectivity index (χ0) is 19.2. The van der Waals surface area contributed by atoms with Crippen molar-refractivity contribution in [2.24, 2.45) is 0 Å². The predicted molar refractivity (Wildman–Crippen MR) is 107 cm³/mol. The average molecular weight is 390 g/mol. The highest BCUT2D eigenvalue weighted by Gasteiger charge is 2.13. The molecule has 1 amide bonds. The van der Waals surface area contributed by atoms with Crippen LogP contribution in [-0.2, 0) is 10.0 Å². The van der Waals surface area contributed by atoms with Crippen molar-refractivity contribution in [3.05, 3.63) is 72.3 Å². The van der Waals surface area contributed by atoms with Crippen LogP contribution in [0.5, 0.6) is 0 Å². The first-order valence-corrected chi connectivity index (χ1v) is 9.61. The number of sulfonamides is 1. The summed E-state index contributed by atoms with van der Waals surface area (Å²) in [5.74, 6) is -0.312. The smallest absolute Gasteiger partial charge is 0.257 e. The van der Waals surface area contributed by atoms with E-state index in [4.69, 9.17) is 12.2 Å².